The van der Waals surface area contributed by atoms with E-state index in [9.17, 15) is 9.59 Å². The number of thiophene rings is 1. The Morgan fingerprint density at radius 1 is 1.22 bits per heavy atom. The number of hydrogen-bond donors (Lipinski definition) is 0. The van der Waals surface area contributed by atoms with Crippen LogP contribution in [0.1, 0.15) is 33.6 Å². The maximum absolute atomic E-state index is 12.9. The lowest BCUT2D eigenvalue weighted by atomic mass is 9.98. The van der Waals surface area contributed by atoms with E-state index in [-0.39, 0.29) is 5.91 Å². The summed E-state index contributed by atoms with van der Waals surface area (Å²) in [5.41, 5.74) is 1.47. The molecule has 2 aromatic rings. The second-order valence-corrected chi connectivity index (χ2v) is 7.06. The third-order valence-corrected chi connectivity index (χ3v) is 5.21. The number of rotatable bonds is 4. The van der Waals surface area contributed by atoms with Gasteiger partial charge in [-0.1, -0.05) is 24.3 Å². The molecule has 1 aliphatic heterocycles. The Hall–Kier alpha value is -2.14. The van der Waals surface area contributed by atoms with Gasteiger partial charge in [-0.2, -0.15) is 0 Å². The molecule has 1 aromatic heterocycles. The van der Waals surface area contributed by atoms with Gasteiger partial charge in [0.15, 0.2) is 6.10 Å². The minimum absolute atomic E-state index is 0.0660. The Balaban J connectivity index is 1.55. The van der Waals surface area contributed by atoms with Gasteiger partial charge in [0, 0.05) is 17.3 Å². The first-order valence-electron chi connectivity index (χ1n) is 7.84. The predicted molar refractivity (Wildman–Crippen MR) is 87.2 cm³/mol. The molecule has 2 aliphatic rings. The number of nitrogens with zero attached hydrogens (tertiary/aromatic N) is 1. The highest BCUT2D eigenvalue weighted by molar-refractivity contribution is 7.09. The largest absolute Gasteiger partial charge is 0.448 e. The van der Waals surface area contributed by atoms with Crippen LogP contribution in [0.4, 0.5) is 0 Å². The number of hydrogen-bond acceptors (Lipinski definition) is 4. The van der Waals surface area contributed by atoms with Crippen LogP contribution >= 0.6 is 11.3 Å². The van der Waals surface area contributed by atoms with E-state index in [0.29, 0.717) is 24.6 Å². The summed E-state index contributed by atoms with van der Waals surface area (Å²) in [4.78, 5) is 28.1. The number of cyclic esters (lactones) is 1. The first-order chi connectivity index (χ1) is 11.2. The first-order valence-corrected chi connectivity index (χ1v) is 8.72. The number of carbonyl (C=O) groups excluding carboxylic acids is 2. The van der Waals surface area contributed by atoms with Gasteiger partial charge in [-0.3, -0.25) is 4.79 Å². The smallest absolute Gasteiger partial charge is 0.339 e. The highest BCUT2D eigenvalue weighted by Crippen LogP contribution is 2.31. The molecule has 2 heterocycles. The van der Waals surface area contributed by atoms with Crippen molar-refractivity contribution in [3.05, 3.63) is 57.8 Å². The third-order valence-electron chi connectivity index (χ3n) is 4.34. The fourth-order valence-corrected chi connectivity index (χ4v) is 3.70. The summed E-state index contributed by atoms with van der Waals surface area (Å²) in [6, 6.07) is 11.7. The zero-order valence-corrected chi connectivity index (χ0v) is 13.4. The second kappa shape index (κ2) is 5.81. The summed E-state index contributed by atoms with van der Waals surface area (Å²) in [5, 5.41) is 2.02. The van der Waals surface area contributed by atoms with Crippen molar-refractivity contribution in [3.8, 4) is 0 Å². The molecular weight excluding hydrogens is 310 g/mol. The van der Waals surface area contributed by atoms with E-state index in [0.717, 1.165) is 23.3 Å². The molecule has 1 fully saturated rings. The molecule has 118 valence electrons. The number of esters is 1. The fourth-order valence-electron chi connectivity index (χ4n) is 3.00. The Morgan fingerprint density at radius 3 is 2.78 bits per heavy atom. The minimum atomic E-state index is -0.696. The van der Waals surface area contributed by atoms with E-state index in [4.69, 9.17) is 4.74 Å². The van der Waals surface area contributed by atoms with Crippen molar-refractivity contribution in [1.29, 1.82) is 0 Å². The molecule has 4 nitrogen and oxygen atoms in total. The van der Waals surface area contributed by atoms with Crippen LogP contribution in [-0.4, -0.2) is 28.9 Å². The SMILES string of the molecule is O=C1O[C@@H](C(=O)N(Cc2cccs2)C2CC2)Cc2ccccc21. The number of ether oxygens (including phenoxy) is 1. The van der Waals surface area contributed by atoms with Crippen molar-refractivity contribution in [2.75, 3.05) is 0 Å². The quantitative estimate of drug-likeness (QED) is 0.811. The van der Waals surface area contributed by atoms with Crippen molar-refractivity contribution >= 4 is 23.2 Å². The van der Waals surface area contributed by atoms with Crippen molar-refractivity contribution in [3.63, 3.8) is 0 Å². The minimum Gasteiger partial charge on any atom is -0.448 e. The van der Waals surface area contributed by atoms with Gasteiger partial charge in [0.2, 0.25) is 0 Å². The molecular formula is C18H17NO3S. The van der Waals surface area contributed by atoms with Gasteiger partial charge in [-0.25, -0.2) is 4.79 Å². The molecule has 4 rings (SSSR count). The van der Waals surface area contributed by atoms with Crippen molar-refractivity contribution in [2.45, 2.75) is 38.0 Å². The predicted octanol–water partition coefficient (Wildman–Crippen LogP) is 3.02. The van der Waals surface area contributed by atoms with Gasteiger partial charge < -0.3 is 9.64 Å². The molecule has 1 saturated carbocycles. The number of fused-ring (bicyclic) bond motifs is 1. The average molecular weight is 327 g/mol. The lowest BCUT2D eigenvalue weighted by molar-refractivity contribution is -0.142. The highest BCUT2D eigenvalue weighted by Gasteiger charge is 2.39. The van der Waals surface area contributed by atoms with Gasteiger partial charge in [-0.15, -0.1) is 11.3 Å². The highest BCUT2D eigenvalue weighted by atomic mass is 32.1. The van der Waals surface area contributed by atoms with E-state index in [1.807, 2.05) is 40.6 Å². The van der Waals surface area contributed by atoms with Gasteiger partial charge in [0.25, 0.3) is 5.91 Å². The van der Waals surface area contributed by atoms with Crippen LogP contribution in [0.3, 0.4) is 0 Å². The van der Waals surface area contributed by atoms with Gasteiger partial charge in [-0.05, 0) is 35.9 Å². The summed E-state index contributed by atoms with van der Waals surface area (Å²) in [5.74, 6) is -0.458. The van der Waals surface area contributed by atoms with Gasteiger partial charge >= 0.3 is 5.97 Å². The summed E-state index contributed by atoms with van der Waals surface area (Å²) >= 11 is 1.65. The molecule has 0 radical (unpaired) electrons. The summed E-state index contributed by atoms with van der Waals surface area (Å²) < 4.78 is 5.43. The van der Waals surface area contributed by atoms with E-state index in [1.165, 1.54) is 0 Å². The number of benzene rings is 1. The van der Waals surface area contributed by atoms with E-state index in [1.54, 1.807) is 17.4 Å². The molecule has 1 atom stereocenters. The van der Waals surface area contributed by atoms with E-state index in [2.05, 4.69) is 0 Å². The van der Waals surface area contributed by atoms with Crippen LogP contribution in [0.15, 0.2) is 41.8 Å². The summed E-state index contributed by atoms with van der Waals surface area (Å²) in [6.07, 6.45) is 1.84. The number of amides is 1. The lowest BCUT2D eigenvalue weighted by Crippen LogP contribution is -2.45. The van der Waals surface area contributed by atoms with Gasteiger partial charge in [0.1, 0.15) is 0 Å². The third kappa shape index (κ3) is 2.88. The lowest BCUT2D eigenvalue weighted by Gasteiger charge is -2.29. The molecule has 1 aliphatic carbocycles. The van der Waals surface area contributed by atoms with Crippen LogP contribution < -0.4 is 0 Å². The topological polar surface area (TPSA) is 46.6 Å². The zero-order chi connectivity index (χ0) is 15.8. The molecule has 0 N–H and O–H groups in total. The number of carbonyl (C=O) groups is 2. The van der Waals surface area contributed by atoms with Crippen molar-refractivity contribution in [1.82, 2.24) is 4.90 Å². The Kier molecular flexibility index (Phi) is 3.65. The van der Waals surface area contributed by atoms with E-state index >= 15 is 0 Å². The average Bonchev–Trinajstić information content (AvgIpc) is 3.28. The molecule has 0 spiro atoms. The first kappa shape index (κ1) is 14.5. The van der Waals surface area contributed by atoms with Gasteiger partial charge in [0.05, 0.1) is 12.1 Å². The molecule has 5 heteroatoms. The Labute approximate surface area is 138 Å². The Bertz CT molecular complexity index is 736. The standard InChI is InChI=1S/C18H17NO3S/c20-17(19(13-7-8-13)11-14-5-3-9-23-14)16-10-12-4-1-2-6-15(12)18(21)22-16/h1-6,9,13,16H,7-8,10-11H2/t16-/m1/s1. The fraction of sp³-hybridized carbons (Fsp3) is 0.333. The van der Waals surface area contributed by atoms with Crippen LogP contribution in [0.2, 0.25) is 0 Å². The van der Waals surface area contributed by atoms with Crippen LogP contribution in [0.5, 0.6) is 0 Å². The molecule has 23 heavy (non-hydrogen) atoms. The molecule has 0 saturated heterocycles. The monoisotopic (exact) mass is 327 g/mol. The normalized spacial score (nSPS) is 19.8. The summed E-state index contributed by atoms with van der Waals surface area (Å²) in [7, 11) is 0. The maximum Gasteiger partial charge on any atom is 0.339 e. The van der Waals surface area contributed by atoms with Crippen LogP contribution in [0.25, 0.3) is 0 Å². The van der Waals surface area contributed by atoms with Crippen molar-refractivity contribution in [2.24, 2.45) is 0 Å². The molecule has 0 unspecified atom stereocenters. The van der Waals surface area contributed by atoms with Crippen LogP contribution in [0, 0.1) is 0 Å². The van der Waals surface area contributed by atoms with E-state index < -0.39 is 12.1 Å². The second-order valence-electron chi connectivity index (χ2n) is 6.03. The molecule has 1 amide bonds. The molecule has 1 aromatic carbocycles. The van der Waals surface area contributed by atoms with Crippen LogP contribution in [-0.2, 0) is 22.5 Å². The maximum atomic E-state index is 12.9. The Morgan fingerprint density at radius 2 is 2.04 bits per heavy atom. The van der Waals surface area contributed by atoms with Crippen molar-refractivity contribution < 1.29 is 14.3 Å². The molecule has 0 bridgehead atoms. The summed E-state index contributed by atoms with van der Waals surface area (Å²) in [6.45, 7) is 0.608. The zero-order valence-electron chi connectivity index (χ0n) is 12.6.